The summed E-state index contributed by atoms with van der Waals surface area (Å²) in [6.07, 6.45) is 4.18. The Hall–Kier alpha value is -1.62. The van der Waals surface area contributed by atoms with Crippen molar-refractivity contribution < 1.29 is 4.52 Å². The average molecular weight is 276 g/mol. The minimum absolute atomic E-state index is 0.275. The van der Waals surface area contributed by atoms with E-state index in [9.17, 15) is 0 Å². The van der Waals surface area contributed by atoms with Crippen molar-refractivity contribution in [3.63, 3.8) is 0 Å². The minimum atomic E-state index is 0.275. The molecule has 0 aliphatic carbocycles. The summed E-state index contributed by atoms with van der Waals surface area (Å²) in [5.74, 6) is 2.37. The van der Waals surface area contributed by atoms with Crippen LogP contribution in [-0.4, -0.2) is 21.3 Å². The van der Waals surface area contributed by atoms with Crippen molar-refractivity contribution in [1.29, 1.82) is 0 Å². The molecule has 0 aliphatic rings. The van der Waals surface area contributed by atoms with Gasteiger partial charge in [0, 0.05) is 24.9 Å². The lowest BCUT2D eigenvalue weighted by Gasteiger charge is -2.05. The van der Waals surface area contributed by atoms with Crippen LogP contribution in [0.25, 0.3) is 0 Å². The van der Waals surface area contributed by atoms with Gasteiger partial charge in [0.15, 0.2) is 5.82 Å². The first-order valence-corrected chi connectivity index (χ1v) is 7.22. The van der Waals surface area contributed by atoms with Crippen molar-refractivity contribution in [3.05, 3.63) is 35.7 Å². The molecule has 5 nitrogen and oxygen atoms in total. The monoisotopic (exact) mass is 276 g/mol. The van der Waals surface area contributed by atoms with Gasteiger partial charge in [-0.2, -0.15) is 4.98 Å². The van der Waals surface area contributed by atoms with Crippen molar-refractivity contribution in [2.45, 2.75) is 46.7 Å². The predicted molar refractivity (Wildman–Crippen MR) is 78.5 cm³/mol. The fourth-order valence-corrected chi connectivity index (χ4v) is 1.93. The van der Waals surface area contributed by atoms with E-state index < -0.39 is 0 Å². The first-order valence-electron chi connectivity index (χ1n) is 7.22. The van der Waals surface area contributed by atoms with E-state index in [0.29, 0.717) is 18.4 Å². The van der Waals surface area contributed by atoms with E-state index in [1.54, 1.807) is 0 Å². The molecule has 0 radical (unpaired) electrons. The van der Waals surface area contributed by atoms with Gasteiger partial charge in [-0.25, -0.2) is 0 Å². The third-order valence-corrected chi connectivity index (χ3v) is 3.00. The molecule has 0 spiro atoms. The molecular weight excluding hydrogens is 252 g/mol. The maximum atomic E-state index is 5.21. The maximum Gasteiger partial charge on any atom is 0.229 e. The molecular formula is C15H24N4O. The van der Waals surface area contributed by atoms with Gasteiger partial charge >= 0.3 is 0 Å². The molecule has 20 heavy (non-hydrogen) atoms. The van der Waals surface area contributed by atoms with E-state index in [4.69, 9.17) is 4.52 Å². The molecule has 1 N–H and O–H groups in total. The van der Waals surface area contributed by atoms with Gasteiger partial charge in [0.05, 0.1) is 6.54 Å². The topological polar surface area (TPSA) is 55.9 Å². The van der Waals surface area contributed by atoms with Crippen LogP contribution in [0.3, 0.4) is 0 Å². The highest BCUT2D eigenvalue weighted by molar-refractivity contribution is 5.11. The minimum Gasteiger partial charge on any atom is -0.346 e. The van der Waals surface area contributed by atoms with E-state index in [2.05, 4.69) is 52.3 Å². The SMILES string of the molecule is CC(C)CNCc1ccn(Cc2noc(C(C)C)n2)c1. The first-order chi connectivity index (χ1) is 9.54. The predicted octanol–water partition coefficient (Wildman–Crippen LogP) is 2.79. The lowest BCUT2D eigenvalue weighted by atomic mass is 10.2. The summed E-state index contributed by atoms with van der Waals surface area (Å²) in [6, 6.07) is 2.12. The van der Waals surface area contributed by atoms with Gasteiger partial charge in [0.1, 0.15) is 0 Å². The zero-order valence-corrected chi connectivity index (χ0v) is 12.8. The standard InChI is InChI=1S/C15H24N4O/c1-11(2)7-16-8-13-5-6-19(9-13)10-14-17-15(12(3)4)20-18-14/h5-6,9,11-12,16H,7-8,10H2,1-4H3. The van der Waals surface area contributed by atoms with Crippen LogP contribution >= 0.6 is 0 Å². The van der Waals surface area contributed by atoms with Crippen LogP contribution in [0.15, 0.2) is 23.0 Å². The van der Waals surface area contributed by atoms with Crippen LogP contribution in [0.1, 0.15) is 50.9 Å². The Bertz CT molecular complexity index is 527. The van der Waals surface area contributed by atoms with Gasteiger partial charge in [-0.1, -0.05) is 32.9 Å². The Morgan fingerprint density at radius 2 is 2.10 bits per heavy atom. The number of hydrogen-bond donors (Lipinski definition) is 1. The zero-order valence-electron chi connectivity index (χ0n) is 12.8. The molecule has 0 unspecified atom stereocenters. The smallest absolute Gasteiger partial charge is 0.229 e. The molecule has 0 fully saturated rings. The van der Waals surface area contributed by atoms with Crippen molar-refractivity contribution in [2.75, 3.05) is 6.54 Å². The van der Waals surface area contributed by atoms with Crippen LogP contribution in [0.2, 0.25) is 0 Å². The molecule has 0 saturated heterocycles. The first kappa shape index (κ1) is 14.8. The summed E-state index contributed by atoms with van der Waals surface area (Å²) >= 11 is 0. The summed E-state index contributed by atoms with van der Waals surface area (Å²) < 4.78 is 7.29. The number of hydrogen-bond acceptors (Lipinski definition) is 4. The van der Waals surface area contributed by atoms with Crippen LogP contribution < -0.4 is 5.32 Å². The Morgan fingerprint density at radius 1 is 1.30 bits per heavy atom. The van der Waals surface area contributed by atoms with Crippen molar-refractivity contribution in [2.24, 2.45) is 5.92 Å². The summed E-state index contributed by atoms with van der Waals surface area (Å²) in [4.78, 5) is 4.39. The maximum absolute atomic E-state index is 5.21. The highest BCUT2D eigenvalue weighted by Gasteiger charge is 2.10. The van der Waals surface area contributed by atoms with E-state index in [0.717, 1.165) is 18.9 Å². The van der Waals surface area contributed by atoms with Crippen molar-refractivity contribution >= 4 is 0 Å². The largest absolute Gasteiger partial charge is 0.346 e. The van der Waals surface area contributed by atoms with Crippen LogP contribution in [0.4, 0.5) is 0 Å². The second kappa shape index (κ2) is 6.70. The summed E-state index contributed by atoms with van der Waals surface area (Å²) in [7, 11) is 0. The normalized spacial score (nSPS) is 11.7. The fourth-order valence-electron chi connectivity index (χ4n) is 1.93. The number of nitrogens with zero attached hydrogens (tertiary/aromatic N) is 3. The lowest BCUT2D eigenvalue weighted by molar-refractivity contribution is 0.360. The summed E-state index contributed by atoms with van der Waals surface area (Å²) in [5, 5.41) is 7.44. The zero-order chi connectivity index (χ0) is 14.5. The molecule has 0 bridgehead atoms. The molecule has 110 valence electrons. The number of aromatic nitrogens is 3. The summed E-state index contributed by atoms with van der Waals surface area (Å²) in [6.45, 7) is 11.1. The Morgan fingerprint density at radius 3 is 2.75 bits per heavy atom. The van der Waals surface area contributed by atoms with Gasteiger partial charge in [0.2, 0.25) is 5.89 Å². The number of nitrogens with one attached hydrogen (secondary N) is 1. The van der Waals surface area contributed by atoms with Crippen molar-refractivity contribution in [1.82, 2.24) is 20.0 Å². The average Bonchev–Trinajstić information content (AvgIpc) is 2.99. The quantitative estimate of drug-likeness (QED) is 0.845. The Balaban J connectivity index is 1.88. The molecule has 0 atom stereocenters. The second-order valence-corrected chi connectivity index (χ2v) is 5.92. The van der Waals surface area contributed by atoms with Crippen LogP contribution in [-0.2, 0) is 13.1 Å². The molecule has 2 heterocycles. The van der Waals surface area contributed by atoms with E-state index in [-0.39, 0.29) is 5.92 Å². The molecule has 2 rings (SSSR count). The molecule has 0 aliphatic heterocycles. The van der Waals surface area contributed by atoms with Gasteiger partial charge < -0.3 is 14.4 Å². The highest BCUT2D eigenvalue weighted by atomic mass is 16.5. The fraction of sp³-hybridized carbons (Fsp3) is 0.600. The van der Waals surface area contributed by atoms with Gasteiger partial charge in [-0.3, -0.25) is 0 Å². The third-order valence-electron chi connectivity index (χ3n) is 3.00. The second-order valence-electron chi connectivity index (χ2n) is 5.92. The van der Waals surface area contributed by atoms with Gasteiger partial charge in [-0.15, -0.1) is 0 Å². The highest BCUT2D eigenvalue weighted by Crippen LogP contribution is 2.12. The van der Waals surface area contributed by atoms with Gasteiger partial charge in [0.25, 0.3) is 0 Å². The van der Waals surface area contributed by atoms with E-state index in [1.165, 1.54) is 5.56 Å². The Labute approximate surface area is 120 Å². The summed E-state index contributed by atoms with van der Waals surface area (Å²) in [5.41, 5.74) is 1.28. The molecule has 2 aromatic rings. The molecule has 2 aromatic heterocycles. The van der Waals surface area contributed by atoms with E-state index >= 15 is 0 Å². The lowest BCUT2D eigenvalue weighted by Crippen LogP contribution is -2.18. The molecule has 5 heteroatoms. The molecule has 0 saturated carbocycles. The molecule has 0 amide bonds. The van der Waals surface area contributed by atoms with Crippen LogP contribution in [0, 0.1) is 5.92 Å². The van der Waals surface area contributed by atoms with Crippen molar-refractivity contribution in [3.8, 4) is 0 Å². The number of rotatable bonds is 7. The van der Waals surface area contributed by atoms with Gasteiger partial charge in [-0.05, 0) is 24.1 Å². The molecule has 0 aromatic carbocycles. The van der Waals surface area contributed by atoms with Crippen LogP contribution in [0.5, 0.6) is 0 Å². The Kier molecular flexibility index (Phi) is 4.95. The van der Waals surface area contributed by atoms with E-state index in [1.807, 2.05) is 13.8 Å². The third kappa shape index (κ3) is 4.20.